The van der Waals surface area contributed by atoms with Gasteiger partial charge >= 0.3 is 0 Å². The molecule has 0 aliphatic heterocycles. The Kier molecular flexibility index (Phi) is 4.47. The SMILES string of the molecule is Cc1cccc(CNC(=O)c2cc(N)cc(Cl)c2Cl)n1. The molecule has 2 rings (SSSR count). The summed E-state index contributed by atoms with van der Waals surface area (Å²) in [6, 6.07) is 8.60. The Bertz CT molecular complexity index is 659. The Labute approximate surface area is 126 Å². The lowest BCUT2D eigenvalue weighted by Crippen LogP contribution is -2.24. The quantitative estimate of drug-likeness (QED) is 0.855. The monoisotopic (exact) mass is 309 g/mol. The smallest absolute Gasteiger partial charge is 0.253 e. The van der Waals surface area contributed by atoms with Gasteiger partial charge in [0.1, 0.15) is 0 Å². The molecule has 0 saturated heterocycles. The molecule has 4 nitrogen and oxygen atoms in total. The van der Waals surface area contributed by atoms with Crippen LogP contribution >= 0.6 is 23.2 Å². The van der Waals surface area contributed by atoms with Crippen molar-refractivity contribution in [1.29, 1.82) is 0 Å². The summed E-state index contributed by atoms with van der Waals surface area (Å²) in [7, 11) is 0. The van der Waals surface area contributed by atoms with Gasteiger partial charge in [-0.1, -0.05) is 29.3 Å². The largest absolute Gasteiger partial charge is 0.399 e. The first kappa shape index (κ1) is 14.6. The number of benzene rings is 1. The maximum Gasteiger partial charge on any atom is 0.253 e. The van der Waals surface area contributed by atoms with Crippen molar-refractivity contribution in [3.8, 4) is 0 Å². The van der Waals surface area contributed by atoms with Crippen LogP contribution in [0, 0.1) is 6.92 Å². The topological polar surface area (TPSA) is 68.0 Å². The van der Waals surface area contributed by atoms with Crippen LogP contribution < -0.4 is 11.1 Å². The van der Waals surface area contributed by atoms with Gasteiger partial charge in [0.15, 0.2) is 0 Å². The second-order valence-corrected chi connectivity index (χ2v) is 5.10. The summed E-state index contributed by atoms with van der Waals surface area (Å²) in [6.45, 7) is 2.20. The van der Waals surface area contributed by atoms with Crippen LogP contribution in [0.4, 0.5) is 5.69 Å². The van der Waals surface area contributed by atoms with E-state index >= 15 is 0 Å². The van der Waals surface area contributed by atoms with Gasteiger partial charge in [0.05, 0.1) is 27.8 Å². The number of nitrogens with one attached hydrogen (secondary N) is 1. The van der Waals surface area contributed by atoms with Gasteiger partial charge in [0, 0.05) is 11.4 Å². The van der Waals surface area contributed by atoms with Crippen LogP contribution in [0.3, 0.4) is 0 Å². The van der Waals surface area contributed by atoms with Crippen LogP contribution in [0.15, 0.2) is 30.3 Å². The van der Waals surface area contributed by atoms with E-state index in [2.05, 4.69) is 10.3 Å². The minimum atomic E-state index is -0.340. The van der Waals surface area contributed by atoms with E-state index in [4.69, 9.17) is 28.9 Å². The molecule has 1 amide bonds. The van der Waals surface area contributed by atoms with Crippen LogP contribution in [0.2, 0.25) is 10.0 Å². The highest BCUT2D eigenvalue weighted by Gasteiger charge is 2.14. The second-order valence-electron chi connectivity index (χ2n) is 4.32. The molecule has 1 heterocycles. The van der Waals surface area contributed by atoms with Gasteiger partial charge in [-0.05, 0) is 31.2 Å². The van der Waals surface area contributed by atoms with Gasteiger partial charge in [-0.2, -0.15) is 0 Å². The maximum atomic E-state index is 12.1. The van der Waals surface area contributed by atoms with Crippen molar-refractivity contribution in [2.24, 2.45) is 0 Å². The first-order valence-corrected chi connectivity index (χ1v) is 6.68. The fourth-order valence-electron chi connectivity index (χ4n) is 1.74. The number of nitrogen functional groups attached to an aromatic ring is 1. The minimum Gasteiger partial charge on any atom is -0.399 e. The molecule has 3 N–H and O–H groups in total. The zero-order valence-electron chi connectivity index (χ0n) is 10.8. The number of halogens is 2. The molecule has 1 aromatic heterocycles. The van der Waals surface area contributed by atoms with Crippen LogP contribution in [0.25, 0.3) is 0 Å². The van der Waals surface area contributed by atoms with Gasteiger partial charge in [-0.15, -0.1) is 0 Å². The summed E-state index contributed by atoms with van der Waals surface area (Å²) in [5.74, 6) is -0.340. The molecular formula is C14H13Cl2N3O. The molecule has 20 heavy (non-hydrogen) atoms. The minimum absolute atomic E-state index is 0.190. The molecule has 0 bridgehead atoms. The van der Waals surface area contributed by atoms with Crippen molar-refractivity contribution in [2.75, 3.05) is 5.73 Å². The Balaban J connectivity index is 2.13. The summed E-state index contributed by atoms with van der Waals surface area (Å²) < 4.78 is 0. The number of amides is 1. The molecule has 0 unspecified atom stereocenters. The number of aryl methyl sites for hydroxylation is 1. The second kappa shape index (κ2) is 6.11. The zero-order chi connectivity index (χ0) is 14.7. The number of nitrogens with two attached hydrogens (primary N) is 1. The molecule has 0 fully saturated rings. The summed E-state index contributed by atoms with van der Waals surface area (Å²) in [5.41, 5.74) is 7.96. The van der Waals surface area contributed by atoms with Crippen LogP contribution in [-0.2, 0) is 6.54 Å². The fourth-order valence-corrected chi connectivity index (χ4v) is 2.16. The van der Waals surface area contributed by atoms with Crippen molar-refractivity contribution >= 4 is 34.8 Å². The number of aromatic nitrogens is 1. The number of hydrogen-bond acceptors (Lipinski definition) is 3. The lowest BCUT2D eigenvalue weighted by molar-refractivity contribution is 0.0950. The van der Waals surface area contributed by atoms with Gasteiger partial charge in [0.25, 0.3) is 5.91 Å². The summed E-state index contributed by atoms with van der Waals surface area (Å²) >= 11 is 11.9. The van der Waals surface area contributed by atoms with E-state index < -0.39 is 0 Å². The summed E-state index contributed by atoms with van der Waals surface area (Å²) in [6.07, 6.45) is 0. The molecule has 0 radical (unpaired) electrons. The molecule has 0 aliphatic carbocycles. The number of anilines is 1. The van der Waals surface area contributed by atoms with Crippen LogP contribution in [0.1, 0.15) is 21.7 Å². The predicted octanol–water partition coefficient (Wildman–Crippen LogP) is 3.21. The molecule has 6 heteroatoms. The number of carbonyl (C=O) groups excluding carboxylic acids is 1. The molecule has 2 aromatic rings. The van der Waals surface area contributed by atoms with E-state index in [-0.39, 0.29) is 21.5 Å². The Morgan fingerprint density at radius 3 is 2.80 bits per heavy atom. The van der Waals surface area contributed by atoms with E-state index in [1.807, 2.05) is 25.1 Å². The van der Waals surface area contributed by atoms with E-state index in [1.54, 1.807) is 0 Å². The van der Waals surface area contributed by atoms with Gasteiger partial charge in [-0.25, -0.2) is 0 Å². The average molecular weight is 310 g/mol. The third-order valence-electron chi connectivity index (χ3n) is 2.67. The van der Waals surface area contributed by atoms with Gasteiger partial charge < -0.3 is 11.1 Å². The third kappa shape index (κ3) is 3.40. The van der Waals surface area contributed by atoms with E-state index in [0.717, 1.165) is 11.4 Å². The van der Waals surface area contributed by atoms with Gasteiger partial charge in [0.2, 0.25) is 0 Å². The molecule has 104 valence electrons. The van der Waals surface area contributed by atoms with Crippen molar-refractivity contribution in [3.63, 3.8) is 0 Å². The predicted molar refractivity (Wildman–Crippen MR) is 81.0 cm³/mol. The number of hydrogen-bond donors (Lipinski definition) is 2. The number of rotatable bonds is 3. The van der Waals surface area contributed by atoms with Crippen LogP contribution in [0.5, 0.6) is 0 Å². The Morgan fingerprint density at radius 1 is 1.35 bits per heavy atom. The first-order valence-electron chi connectivity index (χ1n) is 5.92. The van der Waals surface area contributed by atoms with E-state index in [1.165, 1.54) is 12.1 Å². The normalized spacial score (nSPS) is 10.3. The van der Waals surface area contributed by atoms with Crippen molar-refractivity contribution < 1.29 is 4.79 Å². The number of nitrogens with zero attached hydrogens (tertiary/aromatic N) is 1. The fraction of sp³-hybridized carbons (Fsp3) is 0.143. The highest BCUT2D eigenvalue weighted by atomic mass is 35.5. The lowest BCUT2D eigenvalue weighted by atomic mass is 10.2. The molecule has 0 aliphatic rings. The molecule has 0 atom stereocenters. The third-order valence-corrected chi connectivity index (χ3v) is 3.47. The zero-order valence-corrected chi connectivity index (χ0v) is 12.3. The van der Waals surface area contributed by atoms with Gasteiger partial charge in [-0.3, -0.25) is 9.78 Å². The summed E-state index contributed by atoms with van der Waals surface area (Å²) in [4.78, 5) is 16.4. The molecule has 1 aromatic carbocycles. The Morgan fingerprint density at radius 2 is 2.10 bits per heavy atom. The van der Waals surface area contributed by atoms with Crippen molar-refractivity contribution in [3.05, 3.63) is 57.3 Å². The molecular weight excluding hydrogens is 297 g/mol. The van der Waals surface area contributed by atoms with E-state index in [0.29, 0.717) is 12.2 Å². The standard InChI is InChI=1S/C14H13Cl2N3O/c1-8-3-2-4-10(19-8)7-18-14(20)11-5-9(17)6-12(15)13(11)16/h2-6H,7,17H2,1H3,(H,18,20). The molecule has 0 spiro atoms. The summed E-state index contributed by atoms with van der Waals surface area (Å²) in [5, 5.41) is 3.18. The first-order chi connectivity index (χ1) is 9.47. The van der Waals surface area contributed by atoms with Crippen molar-refractivity contribution in [1.82, 2.24) is 10.3 Å². The highest BCUT2D eigenvalue weighted by Crippen LogP contribution is 2.28. The Hall–Kier alpha value is -1.78. The maximum absolute atomic E-state index is 12.1. The van der Waals surface area contributed by atoms with Crippen LogP contribution in [-0.4, -0.2) is 10.9 Å². The van der Waals surface area contributed by atoms with Crippen molar-refractivity contribution in [2.45, 2.75) is 13.5 Å². The average Bonchev–Trinajstić information content (AvgIpc) is 2.40. The molecule has 0 saturated carbocycles. The lowest BCUT2D eigenvalue weighted by Gasteiger charge is -2.09. The highest BCUT2D eigenvalue weighted by molar-refractivity contribution is 6.44. The number of pyridine rings is 1. The number of carbonyl (C=O) groups is 1. The van der Waals surface area contributed by atoms with E-state index in [9.17, 15) is 4.79 Å².